The standard InChI is InChI=1S/C26H23NO2S/c1-29-23-13-7-5-11-19(23)26-25-21(27-20-12-6-8-14-24(20)30-26)15-18(16-22(25)28)17-9-3-2-4-10-17/h2-15,18,25-27H,16H2,1H3/t18-,25-,26-/m1/s1. The summed E-state index contributed by atoms with van der Waals surface area (Å²) >= 11 is 1.74. The predicted octanol–water partition coefficient (Wildman–Crippen LogP) is 6.21. The first-order chi connectivity index (χ1) is 14.7. The van der Waals surface area contributed by atoms with Gasteiger partial charge < -0.3 is 10.1 Å². The molecule has 1 aliphatic carbocycles. The third-order valence-corrected chi connectivity index (χ3v) is 7.27. The molecule has 150 valence electrons. The Labute approximate surface area is 181 Å². The molecule has 3 atom stereocenters. The molecule has 0 spiro atoms. The Bertz CT molecular complexity index is 1110. The molecule has 0 amide bonds. The summed E-state index contributed by atoms with van der Waals surface area (Å²) in [6.07, 6.45) is 2.77. The van der Waals surface area contributed by atoms with Crippen molar-refractivity contribution in [1.29, 1.82) is 0 Å². The lowest BCUT2D eigenvalue weighted by Crippen LogP contribution is -2.30. The first-order valence-electron chi connectivity index (χ1n) is 10.2. The van der Waals surface area contributed by atoms with Gasteiger partial charge in [0.25, 0.3) is 0 Å². The number of methoxy groups -OCH3 is 1. The van der Waals surface area contributed by atoms with Gasteiger partial charge in [0.05, 0.1) is 24.0 Å². The van der Waals surface area contributed by atoms with Crippen molar-refractivity contribution in [1.82, 2.24) is 0 Å². The Morgan fingerprint density at radius 2 is 1.67 bits per heavy atom. The van der Waals surface area contributed by atoms with Crippen molar-refractivity contribution in [3.05, 3.63) is 102 Å². The van der Waals surface area contributed by atoms with Gasteiger partial charge in [-0.25, -0.2) is 0 Å². The van der Waals surface area contributed by atoms with Crippen LogP contribution in [-0.4, -0.2) is 12.9 Å². The molecule has 0 unspecified atom stereocenters. The van der Waals surface area contributed by atoms with Crippen molar-refractivity contribution >= 4 is 23.2 Å². The number of nitrogens with one attached hydrogen (secondary N) is 1. The predicted molar refractivity (Wildman–Crippen MR) is 122 cm³/mol. The van der Waals surface area contributed by atoms with Crippen LogP contribution in [0.15, 0.2) is 95.5 Å². The van der Waals surface area contributed by atoms with Crippen LogP contribution in [0.4, 0.5) is 5.69 Å². The second-order valence-corrected chi connectivity index (χ2v) is 8.87. The number of ketones is 1. The Morgan fingerprint density at radius 3 is 2.50 bits per heavy atom. The summed E-state index contributed by atoms with van der Waals surface area (Å²) in [7, 11) is 1.69. The molecule has 1 aliphatic heterocycles. The zero-order chi connectivity index (χ0) is 20.5. The van der Waals surface area contributed by atoms with Crippen LogP contribution in [0.1, 0.15) is 28.7 Å². The molecule has 3 nitrogen and oxygen atoms in total. The number of allylic oxidation sites excluding steroid dienone is 2. The van der Waals surface area contributed by atoms with E-state index in [0.29, 0.717) is 6.42 Å². The highest BCUT2D eigenvalue weighted by atomic mass is 32.2. The topological polar surface area (TPSA) is 38.3 Å². The lowest BCUT2D eigenvalue weighted by Gasteiger charge is -2.32. The van der Waals surface area contributed by atoms with Gasteiger partial charge in [0.15, 0.2) is 0 Å². The van der Waals surface area contributed by atoms with Crippen LogP contribution < -0.4 is 10.1 Å². The van der Waals surface area contributed by atoms with Gasteiger partial charge in [0.1, 0.15) is 11.5 Å². The molecule has 1 N–H and O–H groups in total. The minimum Gasteiger partial charge on any atom is -0.496 e. The molecule has 0 saturated carbocycles. The number of rotatable bonds is 3. The van der Waals surface area contributed by atoms with Crippen LogP contribution >= 0.6 is 11.8 Å². The average molecular weight is 414 g/mol. The number of ether oxygens (including phenoxy) is 1. The third-order valence-electron chi connectivity index (χ3n) is 5.88. The highest BCUT2D eigenvalue weighted by molar-refractivity contribution is 7.99. The Hall–Kier alpha value is -2.98. The highest BCUT2D eigenvalue weighted by Crippen LogP contribution is 2.53. The number of anilines is 1. The second-order valence-electron chi connectivity index (χ2n) is 7.69. The van der Waals surface area contributed by atoms with E-state index in [0.717, 1.165) is 27.6 Å². The zero-order valence-corrected chi connectivity index (χ0v) is 17.6. The molecular formula is C26H23NO2S. The van der Waals surface area contributed by atoms with Gasteiger partial charge in [-0.15, -0.1) is 11.8 Å². The maximum absolute atomic E-state index is 13.6. The van der Waals surface area contributed by atoms with Gasteiger partial charge in [0.2, 0.25) is 0 Å². The Kier molecular flexibility index (Phi) is 5.09. The van der Waals surface area contributed by atoms with Crippen molar-refractivity contribution in [2.45, 2.75) is 22.5 Å². The molecule has 4 heteroatoms. The number of carbonyl (C=O) groups excluding carboxylic acids is 1. The number of hydrogen-bond donors (Lipinski definition) is 1. The monoisotopic (exact) mass is 413 g/mol. The summed E-state index contributed by atoms with van der Waals surface area (Å²) < 4.78 is 5.67. The van der Waals surface area contributed by atoms with Crippen molar-refractivity contribution < 1.29 is 9.53 Å². The summed E-state index contributed by atoms with van der Waals surface area (Å²) in [5.74, 6) is 0.946. The molecule has 0 radical (unpaired) electrons. The maximum atomic E-state index is 13.6. The fourth-order valence-corrected chi connectivity index (χ4v) is 5.87. The minimum absolute atomic E-state index is 0.0484. The lowest BCUT2D eigenvalue weighted by molar-refractivity contribution is -0.122. The van der Waals surface area contributed by atoms with E-state index in [2.05, 4.69) is 41.7 Å². The molecule has 0 fully saturated rings. The van der Waals surface area contributed by atoms with E-state index in [1.807, 2.05) is 48.5 Å². The fraction of sp³-hybridized carbons (Fsp3) is 0.192. The summed E-state index contributed by atoms with van der Waals surface area (Å²) in [5.41, 5.74) is 4.29. The van der Waals surface area contributed by atoms with Crippen LogP contribution in [0, 0.1) is 5.92 Å². The second kappa shape index (κ2) is 8.04. The molecule has 0 aromatic heterocycles. The van der Waals surface area contributed by atoms with Crippen LogP contribution in [0.2, 0.25) is 0 Å². The number of fused-ring (bicyclic) bond motifs is 2. The molecule has 3 aromatic carbocycles. The van der Waals surface area contributed by atoms with Gasteiger partial charge >= 0.3 is 0 Å². The van der Waals surface area contributed by atoms with Gasteiger partial charge in [-0.05, 0) is 23.8 Å². The summed E-state index contributed by atoms with van der Waals surface area (Å²) in [5, 5.41) is 3.56. The van der Waals surface area contributed by atoms with Crippen molar-refractivity contribution in [2.75, 3.05) is 12.4 Å². The molecule has 0 bridgehead atoms. The summed E-state index contributed by atoms with van der Waals surface area (Å²) in [4.78, 5) is 14.7. The van der Waals surface area contributed by atoms with Gasteiger partial charge in [-0.2, -0.15) is 0 Å². The number of hydrogen-bond acceptors (Lipinski definition) is 4. The van der Waals surface area contributed by atoms with E-state index in [9.17, 15) is 4.79 Å². The first kappa shape index (κ1) is 19.0. The molecule has 2 aliphatic rings. The van der Waals surface area contributed by atoms with E-state index in [4.69, 9.17) is 4.74 Å². The van der Waals surface area contributed by atoms with Crippen LogP contribution in [0.3, 0.4) is 0 Å². The molecular weight excluding hydrogens is 390 g/mol. The molecule has 30 heavy (non-hydrogen) atoms. The van der Waals surface area contributed by atoms with Gasteiger partial charge in [0, 0.05) is 28.5 Å². The highest BCUT2D eigenvalue weighted by Gasteiger charge is 2.41. The first-order valence-corrected chi connectivity index (χ1v) is 11.1. The Balaban J connectivity index is 1.65. The number of carbonyl (C=O) groups is 1. The van der Waals surface area contributed by atoms with Gasteiger partial charge in [-0.1, -0.05) is 66.7 Å². The molecule has 0 saturated heterocycles. The van der Waals surface area contributed by atoms with Crippen LogP contribution in [-0.2, 0) is 4.79 Å². The van der Waals surface area contributed by atoms with E-state index >= 15 is 0 Å². The number of benzene rings is 3. The quantitative estimate of drug-likeness (QED) is 0.554. The largest absolute Gasteiger partial charge is 0.496 e. The van der Waals surface area contributed by atoms with E-state index in [-0.39, 0.29) is 22.9 Å². The average Bonchev–Trinajstić information content (AvgIpc) is 2.96. The van der Waals surface area contributed by atoms with E-state index in [1.165, 1.54) is 5.56 Å². The Morgan fingerprint density at radius 1 is 0.933 bits per heavy atom. The van der Waals surface area contributed by atoms with Crippen molar-refractivity contribution in [3.63, 3.8) is 0 Å². The molecule has 1 heterocycles. The molecule has 5 rings (SSSR count). The maximum Gasteiger partial charge on any atom is 0.144 e. The fourth-order valence-electron chi connectivity index (χ4n) is 4.44. The van der Waals surface area contributed by atoms with Crippen LogP contribution in [0.5, 0.6) is 5.75 Å². The van der Waals surface area contributed by atoms with E-state index in [1.54, 1.807) is 18.9 Å². The SMILES string of the molecule is COc1ccccc1[C@H]1Sc2ccccc2NC2=C[C@@H](c3ccccc3)CC(=O)[C@@H]21. The van der Waals surface area contributed by atoms with Crippen LogP contribution in [0.25, 0.3) is 0 Å². The molecule has 3 aromatic rings. The minimum atomic E-state index is -0.237. The van der Waals surface area contributed by atoms with Crippen molar-refractivity contribution in [2.24, 2.45) is 5.92 Å². The summed E-state index contributed by atoms with van der Waals surface area (Å²) in [6, 6.07) is 26.6. The van der Waals surface area contributed by atoms with Crippen molar-refractivity contribution in [3.8, 4) is 5.75 Å². The number of thioether (sulfide) groups is 1. The lowest BCUT2D eigenvalue weighted by atomic mass is 9.78. The number of para-hydroxylation sites is 2. The third kappa shape index (κ3) is 3.41. The summed E-state index contributed by atoms with van der Waals surface area (Å²) in [6.45, 7) is 0. The zero-order valence-electron chi connectivity index (χ0n) is 16.7. The number of Topliss-reactive ketones (excluding diaryl/α,β-unsaturated/α-hetero) is 1. The smallest absolute Gasteiger partial charge is 0.144 e. The van der Waals surface area contributed by atoms with Gasteiger partial charge in [-0.3, -0.25) is 4.79 Å². The normalized spacial score (nSPS) is 22.8. The van der Waals surface area contributed by atoms with E-state index < -0.39 is 0 Å².